The first-order chi connectivity index (χ1) is 9.63. The van der Waals surface area contributed by atoms with Crippen molar-refractivity contribution in [2.24, 2.45) is 0 Å². The number of unbranched alkanes of at least 4 members (excludes halogenated alkanes) is 2. The van der Waals surface area contributed by atoms with E-state index in [2.05, 4.69) is 5.32 Å². The van der Waals surface area contributed by atoms with E-state index in [1.807, 2.05) is 6.92 Å². The van der Waals surface area contributed by atoms with Gasteiger partial charge in [-0.05, 0) is 44.0 Å². The smallest absolute Gasteiger partial charge is 0.305 e. The van der Waals surface area contributed by atoms with Crippen molar-refractivity contribution >= 4 is 17.6 Å². The van der Waals surface area contributed by atoms with Gasteiger partial charge in [0.2, 0.25) is 0 Å². The van der Waals surface area contributed by atoms with Crippen LogP contribution >= 0.6 is 11.6 Å². The zero-order chi connectivity index (χ0) is 14.8. The Morgan fingerprint density at radius 1 is 1.35 bits per heavy atom. The van der Waals surface area contributed by atoms with E-state index in [0.29, 0.717) is 19.6 Å². The van der Waals surface area contributed by atoms with Crippen molar-refractivity contribution in [3.63, 3.8) is 0 Å². The van der Waals surface area contributed by atoms with Crippen molar-refractivity contribution in [2.75, 3.05) is 13.2 Å². The lowest BCUT2D eigenvalue weighted by Gasteiger charge is -2.06. The summed E-state index contributed by atoms with van der Waals surface area (Å²) in [6, 6.07) is 4.72. The van der Waals surface area contributed by atoms with Gasteiger partial charge in [0.05, 0.1) is 11.6 Å². The van der Waals surface area contributed by atoms with Gasteiger partial charge in [-0.25, -0.2) is 4.39 Å². The van der Waals surface area contributed by atoms with Gasteiger partial charge in [-0.15, -0.1) is 0 Å². The Labute approximate surface area is 124 Å². The maximum atomic E-state index is 13.0. The Balaban J connectivity index is 2.04. The minimum atomic E-state index is -0.394. The molecule has 0 bridgehead atoms. The number of nitrogens with one attached hydrogen (secondary N) is 1. The van der Waals surface area contributed by atoms with Crippen LogP contribution < -0.4 is 5.32 Å². The molecule has 0 heterocycles. The zero-order valence-electron chi connectivity index (χ0n) is 11.8. The molecule has 0 spiro atoms. The standard InChI is InChI=1S/C15H21ClFNO2/c1-2-20-15(19)6-4-3-5-9-18-11-12-7-8-14(17)13(16)10-12/h7-8,10,18H,2-6,9,11H2,1H3. The molecule has 0 unspecified atom stereocenters. The Bertz CT molecular complexity index is 426. The molecule has 1 aromatic carbocycles. The van der Waals surface area contributed by atoms with Gasteiger partial charge in [-0.1, -0.05) is 24.1 Å². The molecule has 0 aromatic heterocycles. The van der Waals surface area contributed by atoms with Crippen molar-refractivity contribution in [1.29, 1.82) is 0 Å². The molecule has 0 amide bonds. The third-order valence-corrected chi connectivity index (χ3v) is 3.14. The first-order valence-corrected chi connectivity index (χ1v) is 7.31. The molecular weight excluding hydrogens is 281 g/mol. The molecule has 0 aliphatic heterocycles. The van der Waals surface area contributed by atoms with Crippen LogP contribution in [0, 0.1) is 5.82 Å². The fraction of sp³-hybridized carbons (Fsp3) is 0.533. The summed E-state index contributed by atoms with van der Waals surface area (Å²) in [6.45, 7) is 3.78. The van der Waals surface area contributed by atoms with Crippen LogP contribution in [0.15, 0.2) is 18.2 Å². The number of esters is 1. The Morgan fingerprint density at radius 2 is 2.15 bits per heavy atom. The second kappa shape index (κ2) is 9.72. The minimum Gasteiger partial charge on any atom is -0.466 e. The van der Waals surface area contributed by atoms with Crippen molar-refractivity contribution in [3.05, 3.63) is 34.6 Å². The predicted molar refractivity (Wildman–Crippen MR) is 78.2 cm³/mol. The maximum absolute atomic E-state index is 13.0. The molecule has 0 aliphatic rings. The third-order valence-electron chi connectivity index (χ3n) is 2.85. The number of halogens is 2. The molecule has 0 atom stereocenters. The zero-order valence-corrected chi connectivity index (χ0v) is 12.5. The first kappa shape index (κ1) is 16.9. The van der Waals surface area contributed by atoms with Gasteiger partial charge in [0.25, 0.3) is 0 Å². The monoisotopic (exact) mass is 301 g/mol. The van der Waals surface area contributed by atoms with Gasteiger partial charge in [-0.3, -0.25) is 4.79 Å². The molecular formula is C15H21ClFNO2. The Kier molecular flexibility index (Phi) is 8.23. The second-order valence-electron chi connectivity index (χ2n) is 4.54. The molecule has 1 aromatic rings. The molecule has 20 heavy (non-hydrogen) atoms. The summed E-state index contributed by atoms with van der Waals surface area (Å²) in [7, 11) is 0. The molecule has 112 valence electrons. The van der Waals surface area contributed by atoms with E-state index >= 15 is 0 Å². The van der Waals surface area contributed by atoms with Crippen LogP contribution in [0.4, 0.5) is 4.39 Å². The molecule has 5 heteroatoms. The van der Waals surface area contributed by atoms with Crippen molar-refractivity contribution < 1.29 is 13.9 Å². The predicted octanol–water partition coefficient (Wildman–Crippen LogP) is 3.69. The van der Waals surface area contributed by atoms with E-state index in [0.717, 1.165) is 31.4 Å². The normalized spacial score (nSPS) is 10.6. The number of carbonyl (C=O) groups excluding carboxylic acids is 1. The van der Waals surface area contributed by atoms with E-state index in [1.165, 1.54) is 6.07 Å². The van der Waals surface area contributed by atoms with E-state index < -0.39 is 5.82 Å². The van der Waals surface area contributed by atoms with Crippen LogP contribution in [0.2, 0.25) is 5.02 Å². The average Bonchev–Trinajstić information content (AvgIpc) is 2.42. The van der Waals surface area contributed by atoms with Crippen LogP contribution in [-0.4, -0.2) is 19.1 Å². The molecule has 0 radical (unpaired) electrons. The molecule has 0 aliphatic carbocycles. The number of hydrogen-bond acceptors (Lipinski definition) is 3. The van der Waals surface area contributed by atoms with Gasteiger partial charge in [0.15, 0.2) is 0 Å². The van der Waals surface area contributed by atoms with Crippen molar-refractivity contribution in [2.45, 2.75) is 39.2 Å². The summed E-state index contributed by atoms with van der Waals surface area (Å²) in [5, 5.41) is 3.42. The quantitative estimate of drug-likeness (QED) is 0.558. The van der Waals surface area contributed by atoms with Crippen molar-refractivity contribution in [1.82, 2.24) is 5.32 Å². The Morgan fingerprint density at radius 3 is 2.85 bits per heavy atom. The van der Waals surface area contributed by atoms with Gasteiger partial charge in [0, 0.05) is 13.0 Å². The number of hydrogen-bond donors (Lipinski definition) is 1. The van der Waals surface area contributed by atoms with Crippen LogP contribution in [0.3, 0.4) is 0 Å². The lowest BCUT2D eigenvalue weighted by molar-refractivity contribution is -0.143. The highest BCUT2D eigenvalue weighted by Crippen LogP contribution is 2.15. The lowest BCUT2D eigenvalue weighted by atomic mass is 10.2. The van der Waals surface area contributed by atoms with E-state index in [-0.39, 0.29) is 11.0 Å². The van der Waals surface area contributed by atoms with Gasteiger partial charge >= 0.3 is 5.97 Å². The average molecular weight is 302 g/mol. The number of carbonyl (C=O) groups is 1. The summed E-state index contributed by atoms with van der Waals surface area (Å²) < 4.78 is 17.8. The molecule has 3 nitrogen and oxygen atoms in total. The summed E-state index contributed by atoms with van der Waals surface area (Å²) in [5.41, 5.74) is 0.961. The van der Waals surface area contributed by atoms with Crippen LogP contribution in [-0.2, 0) is 16.1 Å². The molecule has 0 saturated heterocycles. The molecule has 1 rings (SSSR count). The van der Waals surface area contributed by atoms with Crippen LogP contribution in [0.1, 0.15) is 38.2 Å². The molecule has 1 N–H and O–H groups in total. The number of benzene rings is 1. The fourth-order valence-corrected chi connectivity index (χ4v) is 2.01. The van der Waals surface area contributed by atoms with Gasteiger partial charge in [-0.2, -0.15) is 0 Å². The summed E-state index contributed by atoms with van der Waals surface area (Å²) >= 11 is 5.70. The third kappa shape index (κ3) is 6.87. The lowest BCUT2D eigenvalue weighted by Crippen LogP contribution is -2.14. The Hall–Kier alpha value is -1.13. The highest BCUT2D eigenvalue weighted by molar-refractivity contribution is 6.30. The second-order valence-corrected chi connectivity index (χ2v) is 4.95. The molecule has 0 saturated carbocycles. The fourth-order valence-electron chi connectivity index (χ4n) is 1.81. The first-order valence-electron chi connectivity index (χ1n) is 6.93. The molecule has 0 fully saturated rings. The summed E-state index contributed by atoms with van der Waals surface area (Å²) in [5.74, 6) is -0.518. The van der Waals surface area contributed by atoms with Crippen molar-refractivity contribution in [3.8, 4) is 0 Å². The van der Waals surface area contributed by atoms with E-state index in [9.17, 15) is 9.18 Å². The summed E-state index contributed by atoms with van der Waals surface area (Å²) in [6.07, 6.45) is 3.31. The van der Waals surface area contributed by atoms with Crippen LogP contribution in [0.5, 0.6) is 0 Å². The van der Waals surface area contributed by atoms with Crippen LogP contribution in [0.25, 0.3) is 0 Å². The van der Waals surface area contributed by atoms with E-state index in [4.69, 9.17) is 16.3 Å². The van der Waals surface area contributed by atoms with E-state index in [1.54, 1.807) is 12.1 Å². The summed E-state index contributed by atoms with van der Waals surface area (Å²) in [4.78, 5) is 11.1. The highest BCUT2D eigenvalue weighted by atomic mass is 35.5. The maximum Gasteiger partial charge on any atom is 0.305 e. The topological polar surface area (TPSA) is 38.3 Å². The van der Waals surface area contributed by atoms with Gasteiger partial charge in [0.1, 0.15) is 5.82 Å². The highest BCUT2D eigenvalue weighted by Gasteiger charge is 2.02. The number of ether oxygens (including phenoxy) is 1. The SMILES string of the molecule is CCOC(=O)CCCCCNCc1ccc(F)c(Cl)c1. The largest absolute Gasteiger partial charge is 0.466 e. The van der Waals surface area contributed by atoms with Gasteiger partial charge < -0.3 is 10.1 Å². The minimum absolute atomic E-state index is 0.124. The number of rotatable bonds is 9.